The third-order valence-corrected chi connectivity index (χ3v) is 8.66. The van der Waals surface area contributed by atoms with Crippen molar-refractivity contribution in [3.8, 4) is 51.0 Å². The lowest BCUT2D eigenvalue weighted by atomic mass is 10.0. The van der Waals surface area contributed by atoms with Crippen LogP contribution in [0.15, 0.2) is 169 Å². The van der Waals surface area contributed by atoms with Crippen molar-refractivity contribution in [2.24, 2.45) is 0 Å². The van der Waals surface area contributed by atoms with E-state index in [9.17, 15) is 9.60 Å². The van der Waals surface area contributed by atoms with Gasteiger partial charge in [0.25, 0.3) is 0 Å². The Morgan fingerprint density at radius 2 is 0.920 bits per heavy atom. The van der Waals surface area contributed by atoms with Crippen LogP contribution in [0.1, 0.15) is 38.4 Å². The summed E-state index contributed by atoms with van der Waals surface area (Å²) in [6.07, 6.45) is 0. The zero-order valence-electron chi connectivity index (χ0n) is 52.7. The molecule has 4 nitrogen and oxygen atoms in total. The summed E-state index contributed by atoms with van der Waals surface area (Å²) in [7, 11) is 0. The van der Waals surface area contributed by atoms with Crippen molar-refractivity contribution >= 4 is 53.3 Å². The molecule has 0 N–H and O–H groups in total. The number of fused-ring (bicyclic) bond motifs is 6. The highest BCUT2D eigenvalue weighted by Crippen LogP contribution is 2.40. The molecule has 0 fully saturated rings. The molecule has 0 aliphatic rings. The second kappa shape index (κ2) is 11.6. The van der Waals surface area contributed by atoms with E-state index in [2.05, 4.69) is 15.0 Å². The first-order valence-electron chi connectivity index (χ1n) is 28.4. The molecule has 10 aromatic rings. The SMILES string of the molecule is [2H]c1c([2H])c([2H])c(-c2c([2H])c([2H])c(-c3nc(-c4c([2H])c([2H])c([2H])c([2H])c4-n4c5c([2H])c([2H])c([2H])c([2H])c5c5c([2H])c([2H])c([2H])c([2H])c54)nc(-c4c([2H])c([2H])c([2H])c5c4sc4c([2H])c([2H])c([2H])c([2H])c45)n3)c([2H])c2[2H])c([2H])c1[2H]. The van der Waals surface area contributed by atoms with Crippen LogP contribution in [0.5, 0.6) is 0 Å². The zero-order valence-corrected chi connectivity index (χ0v) is 25.5. The van der Waals surface area contributed by atoms with Gasteiger partial charge in [-0.25, -0.2) is 15.0 Å². The third kappa shape index (κ3) is 4.63. The van der Waals surface area contributed by atoms with E-state index >= 15 is 0 Å². The van der Waals surface area contributed by atoms with Crippen molar-refractivity contribution in [1.29, 1.82) is 0 Å². The lowest BCUT2D eigenvalue weighted by Crippen LogP contribution is -2.03. The molecule has 0 aliphatic heterocycles. The number of hydrogen-bond donors (Lipinski definition) is 0. The van der Waals surface area contributed by atoms with Crippen LogP contribution in [0.3, 0.4) is 0 Å². The van der Waals surface area contributed by atoms with Crippen LogP contribution in [-0.4, -0.2) is 19.5 Å². The fourth-order valence-corrected chi connectivity index (χ4v) is 6.46. The average Bonchev–Trinajstić information content (AvgIpc) is 4.09. The van der Waals surface area contributed by atoms with Crippen molar-refractivity contribution in [2.45, 2.75) is 0 Å². The molecule has 0 saturated carbocycles. The number of hydrogen-bond acceptors (Lipinski definition) is 4. The fourth-order valence-electron chi connectivity index (χ4n) is 5.40. The maximum atomic E-state index is 9.50. The molecule has 10 rings (SSSR count). The number of thiophene rings is 1. The van der Waals surface area contributed by atoms with Crippen LogP contribution >= 0.6 is 11.3 Å². The van der Waals surface area contributed by atoms with Crippen molar-refractivity contribution in [3.63, 3.8) is 0 Å². The van der Waals surface area contributed by atoms with Gasteiger partial charge in [-0.15, -0.1) is 11.3 Å². The van der Waals surface area contributed by atoms with Crippen LogP contribution in [0.4, 0.5) is 0 Å². The van der Waals surface area contributed by atoms with Gasteiger partial charge in [-0.2, -0.15) is 0 Å². The Morgan fingerprint density at radius 3 is 1.68 bits per heavy atom. The smallest absolute Gasteiger partial charge is 0.166 e. The first kappa shape index (κ1) is 12.2. The van der Waals surface area contributed by atoms with Gasteiger partial charge in [0, 0.05) is 47.6 Å². The van der Waals surface area contributed by atoms with E-state index in [4.69, 9.17) is 28.8 Å². The lowest BCUT2D eigenvalue weighted by molar-refractivity contribution is 1.07. The number of para-hydroxylation sites is 3. The average molecular weight is 685 g/mol. The molecule has 0 saturated heterocycles. The Balaban J connectivity index is 1.44. The summed E-state index contributed by atoms with van der Waals surface area (Å²) >= 11 is 0.611. The predicted molar refractivity (Wildman–Crippen MR) is 209 cm³/mol. The topological polar surface area (TPSA) is 43.6 Å². The number of nitrogens with zero attached hydrogens (tertiary/aromatic N) is 4. The van der Waals surface area contributed by atoms with E-state index in [1.807, 2.05) is 0 Å². The first-order chi connectivity index (χ1) is 36.4. The monoisotopic (exact) mass is 684 g/mol. The van der Waals surface area contributed by atoms with Gasteiger partial charge < -0.3 is 4.57 Å². The van der Waals surface area contributed by atoms with Gasteiger partial charge in [0.05, 0.1) is 55.1 Å². The highest BCUT2D eigenvalue weighted by atomic mass is 32.1. The summed E-state index contributed by atoms with van der Waals surface area (Å²) in [5.41, 5.74) is -5.83. The number of benzene rings is 7. The molecule has 234 valence electrons. The standard InChI is InChI=1S/C45H28N4S/c1-2-13-29(14-3-1)30-25-27-31(28-26-30)43-46-44(48-45(47-43)37-20-12-19-35-34-17-7-11-24-41(34)50-42(35)37)36-18-6-10-23-40(36)49-38-21-8-4-15-32(38)33-16-5-9-22-39(33)49/h1-28H/i1D,2D,3D,4D,5D,6D,7D,8D,9D,10D,11D,12D,13D,14D,15D,16D,17D,18D,19D,20D,21D,22D,23D,24D,25D,26D,27D,28D. The van der Waals surface area contributed by atoms with E-state index in [1.165, 1.54) is 0 Å². The molecule has 50 heavy (non-hydrogen) atoms. The van der Waals surface area contributed by atoms with Crippen LogP contribution in [0.2, 0.25) is 0 Å². The molecule has 0 unspecified atom stereocenters. The molecule has 3 aromatic heterocycles. The Bertz CT molecular complexity index is 4360. The predicted octanol–water partition coefficient (Wildman–Crippen LogP) is 12.0. The molecule has 0 radical (unpaired) electrons. The molecule has 0 aliphatic carbocycles. The molecule has 0 amide bonds. The summed E-state index contributed by atoms with van der Waals surface area (Å²) in [5.74, 6) is -2.64. The maximum Gasteiger partial charge on any atom is 0.166 e. The Morgan fingerprint density at radius 1 is 0.400 bits per heavy atom. The maximum absolute atomic E-state index is 9.50. The number of rotatable bonds is 5. The van der Waals surface area contributed by atoms with Gasteiger partial charge in [0.2, 0.25) is 0 Å². The summed E-state index contributed by atoms with van der Waals surface area (Å²) in [5, 5.41) is -1.58. The van der Waals surface area contributed by atoms with Gasteiger partial charge in [0.1, 0.15) is 0 Å². The molecule has 0 atom stereocenters. The van der Waals surface area contributed by atoms with E-state index in [0.717, 1.165) is 4.57 Å². The normalized spacial score (nSPS) is 19.4. The third-order valence-electron chi connectivity index (χ3n) is 7.54. The molecular formula is C45H28N4S. The van der Waals surface area contributed by atoms with Crippen LogP contribution < -0.4 is 0 Å². The molecular weight excluding hydrogens is 629 g/mol. The van der Waals surface area contributed by atoms with E-state index < -0.39 is 242 Å². The summed E-state index contributed by atoms with van der Waals surface area (Å²) in [6.45, 7) is 0. The Kier molecular flexibility index (Phi) is 2.83. The molecule has 7 aromatic carbocycles. The van der Waals surface area contributed by atoms with Crippen LogP contribution in [-0.2, 0) is 0 Å². The van der Waals surface area contributed by atoms with Gasteiger partial charge in [-0.05, 0) is 47.4 Å². The summed E-state index contributed by atoms with van der Waals surface area (Å²) in [4.78, 5) is 13.5. The first-order valence-corrected chi connectivity index (χ1v) is 15.2. The summed E-state index contributed by atoms with van der Waals surface area (Å²) in [6, 6.07) is -24.6. The molecule has 3 heterocycles. The van der Waals surface area contributed by atoms with E-state index in [1.54, 1.807) is 0 Å². The van der Waals surface area contributed by atoms with E-state index in [-0.39, 0.29) is 20.2 Å². The molecule has 5 heteroatoms. The minimum atomic E-state index is -1.05. The Labute approximate surface area is 332 Å². The fraction of sp³-hybridized carbons (Fsp3) is 0. The highest BCUT2D eigenvalue weighted by Gasteiger charge is 2.20. The summed E-state index contributed by atoms with van der Waals surface area (Å²) < 4.78 is 248. The minimum absolute atomic E-state index is 0.159. The second-order valence-electron chi connectivity index (χ2n) is 10.3. The van der Waals surface area contributed by atoms with E-state index in [0.29, 0.717) is 11.3 Å². The molecule has 0 spiro atoms. The second-order valence-corrected chi connectivity index (χ2v) is 11.3. The van der Waals surface area contributed by atoms with Crippen molar-refractivity contribution in [2.75, 3.05) is 0 Å². The highest BCUT2D eigenvalue weighted by molar-refractivity contribution is 7.26. The van der Waals surface area contributed by atoms with Gasteiger partial charge in [-0.1, -0.05) is 133 Å². The van der Waals surface area contributed by atoms with Gasteiger partial charge >= 0.3 is 0 Å². The Hall–Kier alpha value is -6.43. The van der Waals surface area contributed by atoms with Crippen molar-refractivity contribution in [3.05, 3.63) is 169 Å². The van der Waals surface area contributed by atoms with Crippen molar-refractivity contribution in [1.82, 2.24) is 19.5 Å². The minimum Gasteiger partial charge on any atom is -0.309 e. The molecule has 0 bridgehead atoms. The largest absolute Gasteiger partial charge is 0.309 e. The quantitative estimate of drug-likeness (QED) is 0.181. The zero-order chi connectivity index (χ0) is 57.4. The van der Waals surface area contributed by atoms with Gasteiger partial charge in [0.15, 0.2) is 17.5 Å². The van der Waals surface area contributed by atoms with Gasteiger partial charge in [-0.3, -0.25) is 0 Å². The van der Waals surface area contributed by atoms with Crippen molar-refractivity contribution < 1.29 is 38.4 Å². The lowest BCUT2D eigenvalue weighted by Gasteiger charge is -2.14. The van der Waals surface area contributed by atoms with Crippen LogP contribution in [0.25, 0.3) is 93.0 Å². The number of aromatic nitrogens is 4. The van der Waals surface area contributed by atoms with Crippen LogP contribution in [0, 0.1) is 0 Å².